The van der Waals surface area contributed by atoms with E-state index >= 15 is 0 Å². The molecule has 2 atom stereocenters. The highest BCUT2D eigenvalue weighted by Gasteiger charge is 2.47. The standard InChI is InChI=1S/C20H24N4O2/c21-13-20(8-9-20)23-18(25)15-5-1-2-6-16(15)19(26)24-11-7-14-4-3-10-22-17(14)12-24/h3-4,10,15-16H,1-2,5-9,11-12H2,(H,23,25)/t15-,16-/m1/s1. The van der Waals surface area contributed by atoms with Crippen molar-refractivity contribution in [3.05, 3.63) is 29.6 Å². The fourth-order valence-electron chi connectivity index (χ4n) is 4.24. The summed E-state index contributed by atoms with van der Waals surface area (Å²) in [6.07, 6.45) is 7.44. The van der Waals surface area contributed by atoms with Crippen molar-refractivity contribution in [2.75, 3.05) is 6.54 Å². The highest BCUT2D eigenvalue weighted by atomic mass is 16.2. The van der Waals surface area contributed by atoms with Crippen LogP contribution >= 0.6 is 0 Å². The summed E-state index contributed by atoms with van der Waals surface area (Å²) in [7, 11) is 0. The summed E-state index contributed by atoms with van der Waals surface area (Å²) < 4.78 is 0. The number of carbonyl (C=O) groups is 2. The maximum Gasteiger partial charge on any atom is 0.226 e. The summed E-state index contributed by atoms with van der Waals surface area (Å²) in [5.74, 6) is -0.628. The van der Waals surface area contributed by atoms with Crippen LogP contribution in [0.5, 0.6) is 0 Å². The summed E-state index contributed by atoms with van der Waals surface area (Å²) in [6, 6.07) is 6.20. The molecule has 2 saturated carbocycles. The Morgan fingerprint density at radius 3 is 2.77 bits per heavy atom. The summed E-state index contributed by atoms with van der Waals surface area (Å²) >= 11 is 0. The van der Waals surface area contributed by atoms with Crippen molar-refractivity contribution in [3.63, 3.8) is 0 Å². The first-order chi connectivity index (χ1) is 12.6. The molecule has 2 aliphatic carbocycles. The molecule has 2 amide bonds. The lowest BCUT2D eigenvalue weighted by Crippen LogP contribution is -2.48. The number of hydrogen-bond donors (Lipinski definition) is 1. The van der Waals surface area contributed by atoms with Gasteiger partial charge < -0.3 is 10.2 Å². The van der Waals surface area contributed by atoms with Crippen molar-refractivity contribution in [2.24, 2.45) is 11.8 Å². The molecule has 0 unspecified atom stereocenters. The number of pyridine rings is 1. The zero-order valence-electron chi connectivity index (χ0n) is 14.9. The van der Waals surface area contributed by atoms with E-state index in [1.165, 1.54) is 5.56 Å². The lowest BCUT2D eigenvalue weighted by Gasteiger charge is -2.36. The Hall–Kier alpha value is -2.42. The van der Waals surface area contributed by atoms with Gasteiger partial charge in [-0.1, -0.05) is 18.9 Å². The highest BCUT2D eigenvalue weighted by molar-refractivity contribution is 5.88. The fraction of sp³-hybridized carbons (Fsp3) is 0.600. The van der Waals surface area contributed by atoms with Gasteiger partial charge in [-0.2, -0.15) is 5.26 Å². The van der Waals surface area contributed by atoms with Gasteiger partial charge in [0.1, 0.15) is 5.54 Å². The van der Waals surface area contributed by atoms with E-state index in [1.54, 1.807) is 6.20 Å². The van der Waals surface area contributed by atoms with E-state index < -0.39 is 5.54 Å². The van der Waals surface area contributed by atoms with Gasteiger partial charge in [-0.15, -0.1) is 0 Å². The number of fused-ring (bicyclic) bond motifs is 1. The average Bonchev–Trinajstić information content (AvgIpc) is 3.47. The van der Waals surface area contributed by atoms with E-state index in [2.05, 4.69) is 22.4 Å². The number of aromatic nitrogens is 1. The molecule has 0 bridgehead atoms. The monoisotopic (exact) mass is 352 g/mol. The van der Waals surface area contributed by atoms with Gasteiger partial charge in [-0.3, -0.25) is 14.6 Å². The van der Waals surface area contributed by atoms with Crippen LogP contribution in [0.15, 0.2) is 18.3 Å². The van der Waals surface area contributed by atoms with Crippen LogP contribution in [0.4, 0.5) is 0 Å². The molecule has 0 spiro atoms. The molecule has 6 nitrogen and oxygen atoms in total. The first-order valence-corrected chi connectivity index (χ1v) is 9.57. The molecule has 136 valence electrons. The van der Waals surface area contributed by atoms with E-state index in [0.717, 1.165) is 50.6 Å². The van der Waals surface area contributed by atoms with Crippen LogP contribution in [0, 0.1) is 23.2 Å². The van der Waals surface area contributed by atoms with E-state index in [9.17, 15) is 14.9 Å². The molecule has 1 aliphatic heterocycles. The number of nitriles is 1. The van der Waals surface area contributed by atoms with Gasteiger partial charge in [0.05, 0.1) is 18.3 Å². The predicted octanol–water partition coefficient (Wildman–Crippen LogP) is 1.95. The van der Waals surface area contributed by atoms with Crippen molar-refractivity contribution >= 4 is 11.8 Å². The third kappa shape index (κ3) is 3.18. The molecule has 26 heavy (non-hydrogen) atoms. The second kappa shape index (κ2) is 6.71. The third-order valence-corrected chi connectivity index (χ3v) is 6.03. The van der Waals surface area contributed by atoms with Crippen LogP contribution in [0.25, 0.3) is 0 Å². The Morgan fingerprint density at radius 1 is 1.27 bits per heavy atom. The molecule has 3 aliphatic rings. The van der Waals surface area contributed by atoms with Crippen LogP contribution in [0.1, 0.15) is 49.8 Å². The van der Waals surface area contributed by atoms with Crippen molar-refractivity contribution in [3.8, 4) is 6.07 Å². The normalized spacial score (nSPS) is 26.3. The van der Waals surface area contributed by atoms with Gasteiger partial charge in [0.2, 0.25) is 11.8 Å². The molecule has 4 rings (SSSR count). The number of carbonyl (C=O) groups excluding carboxylic acids is 2. The highest BCUT2D eigenvalue weighted by Crippen LogP contribution is 2.37. The summed E-state index contributed by atoms with van der Waals surface area (Å²) in [4.78, 5) is 32.2. The summed E-state index contributed by atoms with van der Waals surface area (Å²) in [5, 5.41) is 12.1. The molecule has 2 heterocycles. The smallest absolute Gasteiger partial charge is 0.226 e. The SMILES string of the molecule is N#CC1(NC(=O)[C@@H]2CCCC[C@H]2C(=O)N2CCc3cccnc3C2)CC1. The molecule has 0 radical (unpaired) electrons. The van der Waals surface area contributed by atoms with Crippen LogP contribution in [0.2, 0.25) is 0 Å². The Morgan fingerprint density at radius 2 is 2.04 bits per heavy atom. The Labute approximate surface area is 153 Å². The zero-order valence-corrected chi connectivity index (χ0v) is 14.9. The van der Waals surface area contributed by atoms with Crippen molar-refractivity contribution in [1.82, 2.24) is 15.2 Å². The Balaban J connectivity index is 1.47. The molecule has 2 fully saturated rings. The van der Waals surface area contributed by atoms with Gasteiger partial charge in [0.25, 0.3) is 0 Å². The minimum absolute atomic E-state index is 0.0722. The molecule has 1 aromatic rings. The molecule has 0 saturated heterocycles. The second-order valence-corrected chi connectivity index (χ2v) is 7.80. The molecule has 1 N–H and O–H groups in total. The van der Waals surface area contributed by atoms with Crippen molar-refractivity contribution in [2.45, 2.75) is 57.0 Å². The third-order valence-electron chi connectivity index (χ3n) is 6.03. The van der Waals surface area contributed by atoms with Crippen LogP contribution in [-0.2, 0) is 22.6 Å². The summed E-state index contributed by atoms with van der Waals surface area (Å²) in [6.45, 7) is 1.21. The maximum atomic E-state index is 13.2. The maximum absolute atomic E-state index is 13.2. The van der Waals surface area contributed by atoms with E-state index in [1.807, 2.05) is 11.0 Å². The lowest BCUT2D eigenvalue weighted by molar-refractivity contribution is -0.144. The number of amides is 2. The minimum Gasteiger partial charge on any atom is -0.338 e. The predicted molar refractivity (Wildman–Crippen MR) is 94.5 cm³/mol. The first-order valence-electron chi connectivity index (χ1n) is 9.57. The van der Waals surface area contributed by atoms with Crippen LogP contribution in [-0.4, -0.2) is 33.8 Å². The first kappa shape index (κ1) is 17.0. The number of nitrogens with zero attached hydrogens (tertiary/aromatic N) is 3. The van der Waals surface area contributed by atoms with Gasteiger partial charge >= 0.3 is 0 Å². The lowest BCUT2D eigenvalue weighted by atomic mass is 9.77. The number of rotatable bonds is 3. The minimum atomic E-state index is -0.671. The molecular weight excluding hydrogens is 328 g/mol. The van der Waals surface area contributed by atoms with Gasteiger partial charge in [0.15, 0.2) is 0 Å². The van der Waals surface area contributed by atoms with Gasteiger partial charge in [-0.05, 0) is 43.7 Å². The van der Waals surface area contributed by atoms with Crippen molar-refractivity contribution < 1.29 is 9.59 Å². The number of hydrogen-bond acceptors (Lipinski definition) is 4. The zero-order chi connectivity index (χ0) is 18.1. The molecule has 1 aromatic heterocycles. The Bertz CT molecular complexity index is 765. The van der Waals surface area contributed by atoms with E-state index in [4.69, 9.17) is 0 Å². The second-order valence-electron chi connectivity index (χ2n) is 7.80. The molecule has 6 heteroatoms. The molecule has 0 aromatic carbocycles. The van der Waals surface area contributed by atoms with Crippen LogP contribution < -0.4 is 5.32 Å². The summed E-state index contributed by atoms with van der Waals surface area (Å²) in [5.41, 5.74) is 1.50. The Kier molecular flexibility index (Phi) is 4.39. The largest absolute Gasteiger partial charge is 0.338 e. The van der Waals surface area contributed by atoms with Crippen LogP contribution in [0.3, 0.4) is 0 Å². The quantitative estimate of drug-likeness (QED) is 0.901. The van der Waals surface area contributed by atoms with Gasteiger partial charge in [0, 0.05) is 24.6 Å². The topological polar surface area (TPSA) is 86.1 Å². The van der Waals surface area contributed by atoms with Crippen molar-refractivity contribution in [1.29, 1.82) is 5.26 Å². The molecular formula is C20H24N4O2. The van der Waals surface area contributed by atoms with E-state index in [0.29, 0.717) is 13.1 Å². The van der Waals surface area contributed by atoms with E-state index in [-0.39, 0.29) is 23.7 Å². The average molecular weight is 352 g/mol. The number of nitrogens with one attached hydrogen (secondary N) is 1. The fourth-order valence-corrected chi connectivity index (χ4v) is 4.24. The van der Waals surface area contributed by atoms with Gasteiger partial charge in [-0.25, -0.2) is 0 Å².